The van der Waals surface area contributed by atoms with E-state index < -0.39 is 16.7 Å². The van der Waals surface area contributed by atoms with Gasteiger partial charge in [0.1, 0.15) is 5.56 Å². The Morgan fingerprint density at radius 2 is 1.64 bits per heavy atom. The standard InChI is InChI=1S/C15H11ClN4O4S/c16-10-7-5-9(6-8-10)13(21)18-19-15(25)17-14(22)11-3-1-2-4-12(11)20(23)24/h1-8H,(H,18,21)(H2,17,19,22,25). The largest absolute Gasteiger partial charge is 0.297 e. The molecule has 25 heavy (non-hydrogen) atoms. The first-order valence-corrected chi connectivity index (χ1v) is 7.58. The van der Waals surface area contributed by atoms with E-state index in [0.29, 0.717) is 10.6 Å². The molecule has 0 spiro atoms. The number of carbonyl (C=O) groups excluding carboxylic acids is 2. The molecule has 128 valence electrons. The van der Waals surface area contributed by atoms with Crippen molar-refractivity contribution in [2.45, 2.75) is 0 Å². The summed E-state index contributed by atoms with van der Waals surface area (Å²) >= 11 is 10.6. The molecular weight excluding hydrogens is 368 g/mol. The molecule has 2 rings (SSSR count). The summed E-state index contributed by atoms with van der Waals surface area (Å²) in [7, 11) is 0. The maximum absolute atomic E-state index is 12.1. The average molecular weight is 379 g/mol. The van der Waals surface area contributed by atoms with Gasteiger partial charge >= 0.3 is 0 Å². The van der Waals surface area contributed by atoms with E-state index in [1.807, 2.05) is 0 Å². The predicted molar refractivity (Wildman–Crippen MR) is 95.2 cm³/mol. The lowest BCUT2D eigenvalue weighted by Crippen LogP contribution is -2.48. The molecule has 0 heterocycles. The Bertz CT molecular complexity index is 842. The minimum absolute atomic E-state index is 0.152. The maximum Gasteiger partial charge on any atom is 0.282 e. The molecule has 8 nitrogen and oxygen atoms in total. The first-order chi connectivity index (χ1) is 11.9. The van der Waals surface area contributed by atoms with E-state index in [4.69, 9.17) is 23.8 Å². The van der Waals surface area contributed by atoms with Crippen LogP contribution in [0.1, 0.15) is 20.7 Å². The zero-order chi connectivity index (χ0) is 18.4. The highest BCUT2D eigenvalue weighted by atomic mass is 35.5. The van der Waals surface area contributed by atoms with Crippen molar-refractivity contribution >= 4 is 46.4 Å². The van der Waals surface area contributed by atoms with Gasteiger partial charge in [0.05, 0.1) is 4.92 Å². The van der Waals surface area contributed by atoms with Crippen molar-refractivity contribution < 1.29 is 14.5 Å². The number of hydrogen-bond acceptors (Lipinski definition) is 5. The molecule has 2 aromatic rings. The van der Waals surface area contributed by atoms with Crippen LogP contribution in [0, 0.1) is 10.1 Å². The molecule has 0 bridgehead atoms. The smallest absolute Gasteiger partial charge is 0.282 e. The number of halogens is 1. The second-order valence-corrected chi connectivity index (χ2v) is 5.49. The summed E-state index contributed by atoms with van der Waals surface area (Å²) in [5.74, 6) is -1.27. The topological polar surface area (TPSA) is 113 Å². The van der Waals surface area contributed by atoms with Gasteiger partial charge in [0, 0.05) is 16.7 Å². The SMILES string of the molecule is O=C(NNC(=S)NC(=O)c1ccccc1[N+](=O)[O-])c1ccc(Cl)cc1. The molecular formula is C15H11ClN4O4S. The number of nitrogens with one attached hydrogen (secondary N) is 3. The Morgan fingerprint density at radius 3 is 2.28 bits per heavy atom. The molecule has 0 radical (unpaired) electrons. The van der Waals surface area contributed by atoms with Gasteiger partial charge in [0.25, 0.3) is 17.5 Å². The number of amides is 2. The fourth-order valence-corrected chi connectivity index (χ4v) is 2.08. The number of hydrogen-bond donors (Lipinski definition) is 3. The van der Waals surface area contributed by atoms with Crippen LogP contribution in [-0.2, 0) is 0 Å². The zero-order valence-corrected chi connectivity index (χ0v) is 14.1. The van der Waals surface area contributed by atoms with Crippen LogP contribution in [0.2, 0.25) is 5.02 Å². The second kappa shape index (κ2) is 8.18. The third kappa shape index (κ3) is 4.96. The summed E-state index contributed by atoms with van der Waals surface area (Å²) in [6.45, 7) is 0. The number of nitrogens with zero attached hydrogens (tertiary/aromatic N) is 1. The van der Waals surface area contributed by atoms with Crippen molar-refractivity contribution in [1.29, 1.82) is 0 Å². The molecule has 0 unspecified atom stereocenters. The fourth-order valence-electron chi connectivity index (χ4n) is 1.81. The normalized spacial score (nSPS) is 9.80. The van der Waals surface area contributed by atoms with Crippen molar-refractivity contribution in [3.63, 3.8) is 0 Å². The van der Waals surface area contributed by atoms with Gasteiger partial charge < -0.3 is 0 Å². The second-order valence-electron chi connectivity index (χ2n) is 4.64. The Morgan fingerprint density at radius 1 is 1.00 bits per heavy atom. The van der Waals surface area contributed by atoms with E-state index >= 15 is 0 Å². The number of para-hydroxylation sites is 1. The Hall–Kier alpha value is -3.04. The minimum Gasteiger partial charge on any atom is -0.297 e. The van der Waals surface area contributed by atoms with Gasteiger partial charge in [-0.05, 0) is 42.5 Å². The summed E-state index contributed by atoms with van der Waals surface area (Å²) < 4.78 is 0. The number of nitro benzene ring substituents is 1. The van der Waals surface area contributed by atoms with E-state index in [1.54, 1.807) is 12.1 Å². The molecule has 10 heteroatoms. The molecule has 0 atom stereocenters. The summed E-state index contributed by atoms with van der Waals surface area (Å²) in [5.41, 5.74) is 4.45. The third-order valence-corrected chi connectivity index (χ3v) is 3.42. The first kappa shape index (κ1) is 18.3. The Balaban J connectivity index is 1.94. The molecule has 2 amide bonds. The third-order valence-electron chi connectivity index (χ3n) is 2.97. The number of thiocarbonyl (C=S) groups is 1. The summed E-state index contributed by atoms with van der Waals surface area (Å²) in [6, 6.07) is 11.5. The number of nitro groups is 1. The summed E-state index contributed by atoms with van der Waals surface area (Å²) in [4.78, 5) is 34.2. The van der Waals surface area contributed by atoms with Crippen molar-refractivity contribution in [2.24, 2.45) is 0 Å². The van der Waals surface area contributed by atoms with E-state index in [9.17, 15) is 19.7 Å². The van der Waals surface area contributed by atoms with Gasteiger partial charge in [0.15, 0.2) is 5.11 Å². The molecule has 0 aliphatic heterocycles. The van der Waals surface area contributed by atoms with E-state index in [0.717, 1.165) is 0 Å². The van der Waals surface area contributed by atoms with Crippen molar-refractivity contribution in [2.75, 3.05) is 0 Å². The van der Waals surface area contributed by atoms with Crippen LogP contribution in [-0.4, -0.2) is 21.9 Å². The summed E-state index contributed by atoms with van der Waals surface area (Å²) in [5, 5.41) is 13.4. The van der Waals surface area contributed by atoms with E-state index in [-0.39, 0.29) is 16.4 Å². The van der Waals surface area contributed by atoms with Crippen LogP contribution in [0.3, 0.4) is 0 Å². The van der Waals surface area contributed by atoms with Crippen LogP contribution in [0.4, 0.5) is 5.69 Å². The van der Waals surface area contributed by atoms with Crippen molar-refractivity contribution in [3.05, 3.63) is 74.8 Å². The number of benzene rings is 2. The lowest BCUT2D eigenvalue weighted by molar-refractivity contribution is -0.385. The molecule has 2 aromatic carbocycles. The van der Waals surface area contributed by atoms with Crippen LogP contribution < -0.4 is 16.2 Å². The number of hydrazine groups is 1. The number of carbonyl (C=O) groups is 2. The zero-order valence-electron chi connectivity index (χ0n) is 12.5. The van der Waals surface area contributed by atoms with Crippen LogP contribution in [0.25, 0.3) is 0 Å². The molecule has 0 aliphatic rings. The molecule has 0 aliphatic carbocycles. The van der Waals surface area contributed by atoms with Crippen LogP contribution >= 0.6 is 23.8 Å². The first-order valence-electron chi connectivity index (χ1n) is 6.79. The highest BCUT2D eigenvalue weighted by Gasteiger charge is 2.19. The average Bonchev–Trinajstić information content (AvgIpc) is 2.60. The number of rotatable bonds is 3. The Labute approximate surface area is 152 Å². The fraction of sp³-hybridized carbons (Fsp3) is 0. The monoisotopic (exact) mass is 378 g/mol. The van der Waals surface area contributed by atoms with Gasteiger partial charge in [-0.1, -0.05) is 23.7 Å². The van der Waals surface area contributed by atoms with Gasteiger partial charge in [-0.15, -0.1) is 0 Å². The van der Waals surface area contributed by atoms with Gasteiger partial charge in [-0.25, -0.2) is 0 Å². The molecule has 3 N–H and O–H groups in total. The van der Waals surface area contributed by atoms with Gasteiger partial charge in [-0.2, -0.15) is 0 Å². The quantitative estimate of drug-likeness (QED) is 0.428. The van der Waals surface area contributed by atoms with Crippen LogP contribution in [0.5, 0.6) is 0 Å². The molecule has 0 saturated carbocycles. The van der Waals surface area contributed by atoms with Gasteiger partial charge in [0.2, 0.25) is 0 Å². The molecule has 0 fully saturated rings. The summed E-state index contributed by atoms with van der Waals surface area (Å²) in [6.07, 6.45) is 0. The highest BCUT2D eigenvalue weighted by Crippen LogP contribution is 2.17. The van der Waals surface area contributed by atoms with Crippen molar-refractivity contribution in [3.8, 4) is 0 Å². The van der Waals surface area contributed by atoms with E-state index in [2.05, 4.69) is 16.2 Å². The lowest BCUT2D eigenvalue weighted by atomic mass is 10.1. The maximum atomic E-state index is 12.1. The van der Waals surface area contributed by atoms with Crippen LogP contribution in [0.15, 0.2) is 48.5 Å². The minimum atomic E-state index is -0.773. The predicted octanol–water partition coefficient (Wildman–Crippen LogP) is 2.20. The Kier molecular flexibility index (Phi) is 5.98. The van der Waals surface area contributed by atoms with Crippen molar-refractivity contribution in [1.82, 2.24) is 16.2 Å². The lowest BCUT2D eigenvalue weighted by Gasteiger charge is -2.11. The molecule has 0 saturated heterocycles. The molecule has 0 aromatic heterocycles. The van der Waals surface area contributed by atoms with Gasteiger partial charge in [-0.3, -0.25) is 35.9 Å². The van der Waals surface area contributed by atoms with E-state index in [1.165, 1.54) is 36.4 Å². The highest BCUT2D eigenvalue weighted by molar-refractivity contribution is 7.80.